The van der Waals surface area contributed by atoms with Gasteiger partial charge < -0.3 is 5.73 Å². The van der Waals surface area contributed by atoms with Crippen LogP contribution in [0, 0.1) is 0 Å². The average Bonchev–Trinajstić information content (AvgIpc) is 1.68. The van der Waals surface area contributed by atoms with E-state index < -0.39 is 0 Å². The second-order valence-electron chi connectivity index (χ2n) is 1.62. The minimum atomic E-state index is 0.449. The lowest BCUT2D eigenvalue weighted by molar-refractivity contribution is 0.534. The minimum absolute atomic E-state index is 0.449. The Kier molecular flexibility index (Phi) is 4.04. The maximum absolute atomic E-state index is 5.14. The molecule has 0 saturated heterocycles. The molecule has 1 unspecified atom stereocenters. The van der Waals surface area contributed by atoms with Gasteiger partial charge in [0.15, 0.2) is 0 Å². The van der Waals surface area contributed by atoms with Gasteiger partial charge in [-0.2, -0.15) is 0 Å². The summed E-state index contributed by atoms with van der Waals surface area (Å²) in [6.45, 7) is 4.63. The fraction of sp³-hybridized carbons (Fsp3) is 1.00. The summed E-state index contributed by atoms with van der Waals surface area (Å²) in [4.78, 5) is 0. The Hall–Kier alpha value is -0.0800. The third-order valence-corrected chi connectivity index (χ3v) is 1.01. The largest absolute Gasteiger partial charge is 0.317 e. The fourth-order valence-corrected chi connectivity index (χ4v) is 0.309. The summed E-state index contributed by atoms with van der Waals surface area (Å²) < 4.78 is 0. The van der Waals surface area contributed by atoms with Crippen molar-refractivity contribution in [1.82, 2.24) is 5.32 Å². The van der Waals surface area contributed by atoms with Crippen molar-refractivity contribution in [2.45, 2.75) is 26.3 Å². The molecule has 2 heteroatoms. The quantitative estimate of drug-likeness (QED) is 0.546. The zero-order valence-electron chi connectivity index (χ0n) is 5.02. The van der Waals surface area contributed by atoms with Crippen LogP contribution in [0.2, 0.25) is 0 Å². The molecule has 0 aromatic heterocycles. The van der Waals surface area contributed by atoms with E-state index in [0.29, 0.717) is 12.7 Å². The third kappa shape index (κ3) is 3.76. The highest BCUT2D eigenvalue weighted by Crippen LogP contribution is 1.85. The molecule has 0 fully saturated rings. The molecule has 2 N–H and O–H groups in total. The van der Waals surface area contributed by atoms with Gasteiger partial charge in [0.1, 0.15) is 0 Å². The Balaban J connectivity index is 2.83. The first-order valence-corrected chi connectivity index (χ1v) is 2.68. The van der Waals surface area contributed by atoms with E-state index in [2.05, 4.69) is 19.2 Å². The normalized spacial score (nSPS) is 14.1. The number of nitrogens with zero attached hydrogens (tertiary/aromatic N) is 1. The van der Waals surface area contributed by atoms with Crippen LogP contribution in [0.5, 0.6) is 0 Å². The van der Waals surface area contributed by atoms with Gasteiger partial charge in [-0.3, -0.25) is 0 Å². The summed E-state index contributed by atoms with van der Waals surface area (Å²) >= 11 is 0. The lowest BCUT2D eigenvalue weighted by Gasteiger charge is -2.03. The van der Waals surface area contributed by atoms with Crippen LogP contribution in [0.1, 0.15) is 20.3 Å². The maximum atomic E-state index is 5.14. The zero-order chi connectivity index (χ0) is 5.70. The van der Waals surface area contributed by atoms with Gasteiger partial charge in [0.25, 0.3) is 0 Å². The third-order valence-electron chi connectivity index (χ3n) is 1.01. The Morgan fingerprint density at radius 3 is 2.43 bits per heavy atom. The van der Waals surface area contributed by atoms with Crippen molar-refractivity contribution in [3.8, 4) is 0 Å². The van der Waals surface area contributed by atoms with Gasteiger partial charge in [-0.1, -0.05) is 6.92 Å². The molecule has 0 bridgehead atoms. The number of nitrogens with two attached hydrogens (primary N) is 1. The van der Waals surface area contributed by atoms with Crippen molar-refractivity contribution >= 4 is 0 Å². The molecule has 0 aromatic rings. The van der Waals surface area contributed by atoms with E-state index in [-0.39, 0.29) is 0 Å². The summed E-state index contributed by atoms with van der Waals surface area (Å²) in [6, 6.07) is 0.449. The van der Waals surface area contributed by atoms with Crippen molar-refractivity contribution in [3.05, 3.63) is 0 Å². The molecular weight excluding hydrogens is 88.1 g/mol. The smallest absolute Gasteiger partial charge is 0.0601 e. The van der Waals surface area contributed by atoms with Crippen molar-refractivity contribution in [3.63, 3.8) is 0 Å². The van der Waals surface area contributed by atoms with E-state index in [0.717, 1.165) is 6.42 Å². The van der Waals surface area contributed by atoms with Gasteiger partial charge in [-0.25, -0.2) is 5.32 Å². The summed E-state index contributed by atoms with van der Waals surface area (Å²) in [5.74, 6) is 0. The van der Waals surface area contributed by atoms with Gasteiger partial charge >= 0.3 is 0 Å². The predicted molar refractivity (Wildman–Crippen MR) is 30.9 cm³/mol. The summed E-state index contributed by atoms with van der Waals surface area (Å²) in [6.07, 6.45) is 1.09. The summed E-state index contributed by atoms with van der Waals surface area (Å²) in [5, 5.41) is 4.02. The molecule has 43 valence electrons. The second-order valence-corrected chi connectivity index (χ2v) is 1.62. The highest BCUT2D eigenvalue weighted by Gasteiger charge is 1.92. The molecule has 0 aliphatic carbocycles. The molecule has 2 nitrogen and oxygen atoms in total. The number of hydrogen-bond acceptors (Lipinski definition) is 1. The minimum Gasteiger partial charge on any atom is -0.317 e. The van der Waals surface area contributed by atoms with Gasteiger partial charge in [0.2, 0.25) is 0 Å². The van der Waals surface area contributed by atoms with E-state index in [9.17, 15) is 0 Å². The van der Waals surface area contributed by atoms with Crippen LogP contribution in [0.3, 0.4) is 0 Å². The first-order valence-electron chi connectivity index (χ1n) is 2.68. The standard InChI is InChI=1S/C5H13N2/c1-3-5(2)7-4-6/h5H,3-4,6H2,1-2H3. The van der Waals surface area contributed by atoms with E-state index >= 15 is 0 Å². The highest BCUT2D eigenvalue weighted by molar-refractivity contribution is 4.51. The zero-order valence-corrected chi connectivity index (χ0v) is 5.02. The van der Waals surface area contributed by atoms with Crippen LogP contribution in [0.15, 0.2) is 0 Å². The molecule has 0 amide bonds. The van der Waals surface area contributed by atoms with E-state index in [1.807, 2.05) is 0 Å². The van der Waals surface area contributed by atoms with E-state index in [1.54, 1.807) is 0 Å². The molecular formula is C5H13N2. The van der Waals surface area contributed by atoms with Gasteiger partial charge in [-0.15, -0.1) is 0 Å². The fourth-order valence-electron chi connectivity index (χ4n) is 0.309. The lowest BCUT2D eigenvalue weighted by atomic mass is 10.3. The SMILES string of the molecule is CCC(C)[N]CN. The van der Waals surface area contributed by atoms with Crippen LogP contribution in [0.4, 0.5) is 0 Å². The molecule has 0 spiro atoms. The van der Waals surface area contributed by atoms with Crippen LogP contribution in [0.25, 0.3) is 0 Å². The Morgan fingerprint density at radius 1 is 1.71 bits per heavy atom. The first-order chi connectivity index (χ1) is 3.31. The molecule has 7 heavy (non-hydrogen) atoms. The molecule has 0 aromatic carbocycles. The van der Waals surface area contributed by atoms with Crippen LogP contribution in [-0.2, 0) is 0 Å². The summed E-state index contributed by atoms with van der Waals surface area (Å²) in [7, 11) is 0. The molecule has 0 rings (SSSR count). The molecule has 0 aliphatic heterocycles. The van der Waals surface area contributed by atoms with Gasteiger partial charge in [0, 0.05) is 6.04 Å². The van der Waals surface area contributed by atoms with Gasteiger partial charge in [0.05, 0.1) is 6.67 Å². The van der Waals surface area contributed by atoms with E-state index in [4.69, 9.17) is 5.73 Å². The molecule has 0 saturated carbocycles. The van der Waals surface area contributed by atoms with Crippen molar-refractivity contribution < 1.29 is 0 Å². The molecule has 0 aliphatic rings. The predicted octanol–water partition coefficient (Wildman–Crippen LogP) is 0.306. The van der Waals surface area contributed by atoms with Crippen molar-refractivity contribution in [1.29, 1.82) is 0 Å². The Morgan fingerprint density at radius 2 is 2.29 bits per heavy atom. The second kappa shape index (κ2) is 4.09. The first kappa shape index (κ1) is 6.92. The van der Waals surface area contributed by atoms with Crippen LogP contribution >= 0.6 is 0 Å². The monoisotopic (exact) mass is 101 g/mol. The maximum Gasteiger partial charge on any atom is 0.0601 e. The molecule has 1 atom stereocenters. The molecule has 0 heterocycles. The van der Waals surface area contributed by atoms with E-state index in [1.165, 1.54) is 0 Å². The molecule has 1 radical (unpaired) electrons. The van der Waals surface area contributed by atoms with Gasteiger partial charge in [-0.05, 0) is 13.3 Å². The van der Waals surface area contributed by atoms with Crippen LogP contribution in [-0.4, -0.2) is 12.7 Å². The lowest BCUT2D eigenvalue weighted by Crippen LogP contribution is -2.23. The van der Waals surface area contributed by atoms with Crippen molar-refractivity contribution in [2.75, 3.05) is 6.67 Å². The van der Waals surface area contributed by atoms with Crippen molar-refractivity contribution in [2.24, 2.45) is 5.73 Å². The highest BCUT2D eigenvalue weighted by atomic mass is 15.0. The van der Waals surface area contributed by atoms with Crippen LogP contribution < -0.4 is 11.1 Å². The Labute approximate surface area is 45.1 Å². The average molecular weight is 101 g/mol. The summed E-state index contributed by atoms with van der Waals surface area (Å²) in [5.41, 5.74) is 5.14. The topological polar surface area (TPSA) is 40.1 Å². The Bertz CT molecular complexity index is 37.1. The number of rotatable bonds is 3. The number of hydrogen-bond donors (Lipinski definition) is 1.